The number of benzene rings is 1. The molecule has 178 valence electrons. The molecule has 0 saturated carbocycles. The second kappa shape index (κ2) is 9.01. The number of hydrogen-bond acceptors (Lipinski definition) is 7. The molecule has 0 N–H and O–H groups in total. The lowest BCUT2D eigenvalue weighted by Crippen LogP contribution is -2.53. The van der Waals surface area contributed by atoms with E-state index in [2.05, 4.69) is 0 Å². The van der Waals surface area contributed by atoms with Gasteiger partial charge in [0, 0.05) is 19.7 Å². The van der Waals surface area contributed by atoms with Gasteiger partial charge in [-0.1, -0.05) is 0 Å². The number of ether oxygens (including phenoxy) is 3. The first-order valence-electron chi connectivity index (χ1n) is 11.1. The monoisotopic (exact) mass is 458 g/mol. The van der Waals surface area contributed by atoms with Crippen LogP contribution in [0.1, 0.15) is 43.4 Å². The number of methoxy groups -OCH3 is 1. The van der Waals surface area contributed by atoms with Crippen molar-refractivity contribution in [2.75, 3.05) is 33.4 Å². The number of nitrogens with zero attached hydrogens (tertiary/aromatic N) is 4. The number of carbonyl (C=O) groups is 3. The Morgan fingerprint density at radius 1 is 1.24 bits per heavy atom. The van der Waals surface area contributed by atoms with Gasteiger partial charge in [0.2, 0.25) is 5.91 Å². The van der Waals surface area contributed by atoms with Crippen molar-refractivity contribution >= 4 is 29.0 Å². The highest BCUT2D eigenvalue weighted by atomic mass is 16.6. The van der Waals surface area contributed by atoms with Crippen LogP contribution in [0.4, 0.5) is 4.79 Å². The molecule has 0 bridgehead atoms. The van der Waals surface area contributed by atoms with E-state index in [0.29, 0.717) is 37.6 Å². The molecule has 2 aromatic rings. The smallest absolute Gasteiger partial charge is 0.410 e. The molecule has 0 radical (unpaired) electrons. The summed E-state index contributed by atoms with van der Waals surface area (Å²) in [7, 11) is 1.35. The summed E-state index contributed by atoms with van der Waals surface area (Å²) < 4.78 is 17.9. The van der Waals surface area contributed by atoms with E-state index >= 15 is 0 Å². The quantitative estimate of drug-likeness (QED) is 0.633. The standard InChI is InChI=1S/C23H30N4O6/c1-23(2,3)33-22(30)26-9-8-25(20(28)14-26)13-19-24-17-6-5-15(21(29)31-4)11-18(17)27(19)12-16-7-10-32-16/h5-6,11,16H,7-10,12-14H2,1-4H3. The molecule has 1 aromatic heterocycles. The SMILES string of the molecule is COC(=O)c1ccc2nc(CN3CCN(C(=O)OC(C)(C)C)CC3=O)n(CC3CCO3)c2c1. The summed E-state index contributed by atoms with van der Waals surface area (Å²) >= 11 is 0. The van der Waals surface area contributed by atoms with Crippen LogP contribution in [0.15, 0.2) is 18.2 Å². The predicted molar refractivity (Wildman–Crippen MR) is 119 cm³/mol. The van der Waals surface area contributed by atoms with Crippen molar-refractivity contribution in [3.8, 4) is 0 Å². The van der Waals surface area contributed by atoms with Gasteiger partial charge in [-0.15, -0.1) is 0 Å². The van der Waals surface area contributed by atoms with E-state index < -0.39 is 17.7 Å². The van der Waals surface area contributed by atoms with Gasteiger partial charge >= 0.3 is 12.1 Å². The lowest BCUT2D eigenvalue weighted by Gasteiger charge is -2.35. The molecule has 10 nitrogen and oxygen atoms in total. The van der Waals surface area contributed by atoms with Crippen LogP contribution >= 0.6 is 0 Å². The Kier molecular flexibility index (Phi) is 6.29. The Bertz CT molecular complexity index is 1070. The van der Waals surface area contributed by atoms with Crippen LogP contribution in [0.3, 0.4) is 0 Å². The summed E-state index contributed by atoms with van der Waals surface area (Å²) in [6, 6.07) is 5.23. The zero-order valence-electron chi connectivity index (χ0n) is 19.5. The van der Waals surface area contributed by atoms with Crippen molar-refractivity contribution in [3.05, 3.63) is 29.6 Å². The number of fused-ring (bicyclic) bond motifs is 1. The van der Waals surface area contributed by atoms with Crippen LogP contribution in [-0.2, 0) is 32.1 Å². The molecule has 33 heavy (non-hydrogen) atoms. The molecular formula is C23H30N4O6. The number of aromatic nitrogens is 2. The first-order valence-corrected chi connectivity index (χ1v) is 11.1. The van der Waals surface area contributed by atoms with E-state index in [-0.39, 0.29) is 18.6 Å². The van der Waals surface area contributed by atoms with Crippen LogP contribution in [0.2, 0.25) is 0 Å². The fraction of sp³-hybridized carbons (Fsp3) is 0.565. The highest BCUT2D eigenvalue weighted by molar-refractivity contribution is 5.93. The highest BCUT2D eigenvalue weighted by Crippen LogP contribution is 2.24. The van der Waals surface area contributed by atoms with Gasteiger partial charge < -0.3 is 23.7 Å². The number of imidazole rings is 1. The number of hydrogen-bond donors (Lipinski definition) is 0. The van der Waals surface area contributed by atoms with Crippen LogP contribution in [0.25, 0.3) is 11.0 Å². The molecular weight excluding hydrogens is 428 g/mol. The van der Waals surface area contributed by atoms with Crippen LogP contribution in [0.5, 0.6) is 0 Å². The Morgan fingerprint density at radius 2 is 2.00 bits per heavy atom. The molecule has 0 aliphatic carbocycles. The number of rotatable bonds is 5. The third kappa shape index (κ3) is 5.11. The van der Waals surface area contributed by atoms with Gasteiger partial charge in [-0.3, -0.25) is 9.69 Å². The minimum Gasteiger partial charge on any atom is -0.465 e. The number of amides is 2. The summed E-state index contributed by atoms with van der Waals surface area (Å²) in [6.45, 7) is 7.74. The maximum atomic E-state index is 12.8. The third-order valence-electron chi connectivity index (χ3n) is 5.73. The molecule has 10 heteroatoms. The Balaban J connectivity index is 1.54. The zero-order valence-corrected chi connectivity index (χ0v) is 19.5. The predicted octanol–water partition coefficient (Wildman–Crippen LogP) is 2.19. The first-order chi connectivity index (χ1) is 15.6. The molecule has 3 heterocycles. The molecule has 2 amide bonds. The Labute approximate surface area is 192 Å². The lowest BCUT2D eigenvalue weighted by molar-refractivity contribution is -0.136. The van der Waals surface area contributed by atoms with Gasteiger partial charge in [-0.2, -0.15) is 0 Å². The van der Waals surface area contributed by atoms with E-state index in [4.69, 9.17) is 19.2 Å². The molecule has 2 aliphatic heterocycles. The number of carbonyl (C=O) groups excluding carboxylic acids is 3. The van der Waals surface area contributed by atoms with Gasteiger partial charge in [0.05, 0.1) is 42.9 Å². The molecule has 2 fully saturated rings. The topological polar surface area (TPSA) is 103 Å². The third-order valence-corrected chi connectivity index (χ3v) is 5.73. The molecule has 2 saturated heterocycles. The molecule has 1 atom stereocenters. The second-order valence-electron chi connectivity index (χ2n) is 9.33. The highest BCUT2D eigenvalue weighted by Gasteiger charge is 2.31. The van der Waals surface area contributed by atoms with Crippen molar-refractivity contribution in [3.63, 3.8) is 0 Å². The van der Waals surface area contributed by atoms with Crippen molar-refractivity contribution in [2.45, 2.75) is 52.0 Å². The van der Waals surface area contributed by atoms with Gasteiger partial charge in [0.15, 0.2) is 0 Å². The van der Waals surface area contributed by atoms with Gasteiger partial charge in [0.1, 0.15) is 18.0 Å². The minimum absolute atomic E-state index is 0.0344. The van der Waals surface area contributed by atoms with Crippen LogP contribution in [-0.4, -0.2) is 82.4 Å². The summed E-state index contributed by atoms with van der Waals surface area (Å²) in [5, 5.41) is 0. The molecule has 4 rings (SSSR count). The van der Waals surface area contributed by atoms with Crippen LogP contribution < -0.4 is 0 Å². The summed E-state index contributed by atoms with van der Waals surface area (Å²) in [5.74, 6) is 0.127. The zero-order chi connectivity index (χ0) is 23.8. The van der Waals surface area contributed by atoms with E-state index in [0.717, 1.165) is 24.1 Å². The number of piperazine rings is 1. The maximum absolute atomic E-state index is 12.8. The van der Waals surface area contributed by atoms with Gasteiger partial charge in [0.25, 0.3) is 0 Å². The van der Waals surface area contributed by atoms with E-state index in [1.807, 2.05) is 4.57 Å². The first kappa shape index (κ1) is 23.0. The van der Waals surface area contributed by atoms with Crippen molar-refractivity contribution < 1.29 is 28.6 Å². The largest absolute Gasteiger partial charge is 0.465 e. The van der Waals surface area contributed by atoms with E-state index in [1.54, 1.807) is 43.9 Å². The fourth-order valence-electron chi connectivity index (χ4n) is 3.90. The summed E-state index contributed by atoms with van der Waals surface area (Å²) in [4.78, 5) is 45.1. The second-order valence-corrected chi connectivity index (χ2v) is 9.33. The lowest BCUT2D eigenvalue weighted by atomic mass is 10.1. The minimum atomic E-state index is -0.616. The summed E-state index contributed by atoms with van der Waals surface area (Å²) in [5.41, 5.74) is 1.35. The van der Waals surface area contributed by atoms with E-state index in [9.17, 15) is 14.4 Å². The molecule has 2 aliphatic rings. The van der Waals surface area contributed by atoms with Crippen molar-refractivity contribution in [1.82, 2.24) is 19.4 Å². The fourth-order valence-corrected chi connectivity index (χ4v) is 3.90. The normalized spacial score (nSPS) is 18.9. The molecule has 1 unspecified atom stereocenters. The van der Waals surface area contributed by atoms with Crippen molar-refractivity contribution in [1.29, 1.82) is 0 Å². The Morgan fingerprint density at radius 3 is 2.61 bits per heavy atom. The molecule has 1 aromatic carbocycles. The number of esters is 1. The van der Waals surface area contributed by atoms with Gasteiger partial charge in [-0.25, -0.2) is 14.6 Å². The summed E-state index contributed by atoms with van der Waals surface area (Å²) in [6.07, 6.45) is 0.534. The average molecular weight is 459 g/mol. The maximum Gasteiger partial charge on any atom is 0.410 e. The van der Waals surface area contributed by atoms with Gasteiger partial charge in [-0.05, 0) is 45.4 Å². The average Bonchev–Trinajstić information content (AvgIpc) is 3.06. The Hall–Kier alpha value is -3.14. The molecule has 0 spiro atoms. The van der Waals surface area contributed by atoms with E-state index in [1.165, 1.54) is 12.0 Å². The van der Waals surface area contributed by atoms with Crippen molar-refractivity contribution in [2.24, 2.45) is 0 Å². The van der Waals surface area contributed by atoms with Crippen LogP contribution in [0, 0.1) is 0 Å².